The van der Waals surface area contributed by atoms with E-state index in [0.717, 1.165) is 5.56 Å². The van der Waals surface area contributed by atoms with E-state index in [1.165, 1.54) is 14.0 Å². The van der Waals surface area contributed by atoms with Crippen molar-refractivity contribution in [3.05, 3.63) is 119 Å². The summed E-state index contributed by atoms with van der Waals surface area (Å²) in [5.74, 6) is -1.72. The average Bonchev–Trinajstić information content (AvgIpc) is 3.02. The van der Waals surface area contributed by atoms with Gasteiger partial charge >= 0.3 is 5.97 Å². The van der Waals surface area contributed by atoms with Crippen molar-refractivity contribution >= 4 is 29.2 Å². The fraction of sp³-hybridized carbons (Fsp3) is 0.152. The Morgan fingerprint density at radius 1 is 0.884 bits per heavy atom. The zero-order valence-corrected chi connectivity index (χ0v) is 23.5. The molecule has 1 unspecified atom stereocenters. The quantitative estimate of drug-likeness (QED) is 0.179. The van der Waals surface area contributed by atoms with Crippen LogP contribution in [0.25, 0.3) is 0 Å². The zero-order chi connectivity index (χ0) is 30.8. The third kappa shape index (κ3) is 7.89. The monoisotopic (exact) mass is 578 g/mol. The summed E-state index contributed by atoms with van der Waals surface area (Å²) in [6, 6.07) is 26.8. The minimum atomic E-state index is -1.35. The van der Waals surface area contributed by atoms with Crippen molar-refractivity contribution in [2.24, 2.45) is 0 Å². The fourth-order valence-electron chi connectivity index (χ4n) is 4.37. The Morgan fingerprint density at radius 2 is 1.53 bits per heavy atom. The van der Waals surface area contributed by atoms with Crippen molar-refractivity contribution in [3.63, 3.8) is 0 Å². The maximum Gasteiger partial charge on any atom is 0.330 e. The summed E-state index contributed by atoms with van der Waals surface area (Å²) >= 11 is 0. The van der Waals surface area contributed by atoms with Gasteiger partial charge in [0.05, 0.1) is 24.4 Å². The third-order valence-corrected chi connectivity index (χ3v) is 6.45. The van der Waals surface area contributed by atoms with Gasteiger partial charge in [-0.05, 0) is 41.5 Å². The maximum absolute atomic E-state index is 13.9. The smallest absolute Gasteiger partial charge is 0.330 e. The Labute approximate surface area is 248 Å². The molecule has 0 heterocycles. The lowest BCUT2D eigenvalue weighted by Crippen LogP contribution is -2.39. The van der Waals surface area contributed by atoms with Crippen LogP contribution in [0.1, 0.15) is 41.3 Å². The molecule has 43 heavy (non-hydrogen) atoms. The highest BCUT2D eigenvalue weighted by molar-refractivity contribution is 5.95. The molecule has 0 radical (unpaired) electrons. The minimum absolute atomic E-state index is 0.223. The molecule has 10 nitrogen and oxygen atoms in total. The normalized spacial score (nSPS) is 11.7. The van der Waals surface area contributed by atoms with Crippen LogP contribution < -0.4 is 25.4 Å². The van der Waals surface area contributed by atoms with E-state index in [2.05, 4.69) is 16.0 Å². The van der Waals surface area contributed by atoms with Crippen LogP contribution >= 0.6 is 0 Å². The molecule has 10 heteroatoms. The number of carboxylic acid groups (broad SMARTS) is 1. The number of aliphatic carboxylic acids is 1. The van der Waals surface area contributed by atoms with E-state index in [1.807, 2.05) is 36.4 Å². The first kappa shape index (κ1) is 30.1. The summed E-state index contributed by atoms with van der Waals surface area (Å²) < 4.78 is 11.6. The van der Waals surface area contributed by atoms with Gasteiger partial charge < -0.3 is 30.5 Å². The van der Waals surface area contributed by atoms with Gasteiger partial charge in [0.2, 0.25) is 11.8 Å². The second-order valence-corrected chi connectivity index (χ2v) is 9.50. The minimum Gasteiger partial charge on any atom is -0.493 e. The fourth-order valence-corrected chi connectivity index (χ4v) is 4.37. The Kier molecular flexibility index (Phi) is 9.95. The number of benzene rings is 4. The van der Waals surface area contributed by atoms with E-state index in [9.17, 15) is 24.8 Å². The lowest BCUT2D eigenvalue weighted by Gasteiger charge is -2.26. The number of methoxy groups -OCH3 is 1. The summed E-state index contributed by atoms with van der Waals surface area (Å²) in [6.45, 7) is 1.55. The highest BCUT2D eigenvalue weighted by Gasteiger charge is 2.30. The number of hydrogen-bond acceptors (Lipinski definition) is 7. The number of carbonyl (C=O) groups is 3. The molecular weight excluding hydrogens is 548 g/mol. The van der Waals surface area contributed by atoms with Gasteiger partial charge in [0.1, 0.15) is 12.6 Å². The Hall–Kier alpha value is -5.82. The maximum atomic E-state index is 13.9. The molecule has 0 saturated heterocycles. The van der Waals surface area contributed by atoms with Gasteiger partial charge in [-0.25, -0.2) is 4.79 Å². The van der Waals surface area contributed by atoms with Crippen molar-refractivity contribution in [3.8, 4) is 17.6 Å². The lowest BCUT2D eigenvalue weighted by molar-refractivity contribution is -0.142. The van der Waals surface area contributed by atoms with Crippen LogP contribution in [0.4, 0.5) is 11.4 Å². The Balaban J connectivity index is 1.77. The number of rotatable bonds is 12. The molecule has 4 aromatic carbocycles. The first-order chi connectivity index (χ1) is 20.8. The predicted octanol–water partition coefficient (Wildman–Crippen LogP) is 5.20. The number of amides is 2. The van der Waals surface area contributed by atoms with Crippen LogP contribution in [-0.2, 0) is 21.0 Å². The van der Waals surface area contributed by atoms with Gasteiger partial charge in [0.15, 0.2) is 17.5 Å². The number of ether oxygens (including phenoxy) is 2. The van der Waals surface area contributed by atoms with Crippen LogP contribution in [0.15, 0.2) is 97.1 Å². The first-order valence-electron chi connectivity index (χ1n) is 13.3. The third-order valence-electron chi connectivity index (χ3n) is 6.45. The number of hydrogen-bond donors (Lipinski definition) is 4. The van der Waals surface area contributed by atoms with Crippen LogP contribution in [0, 0.1) is 11.3 Å². The van der Waals surface area contributed by atoms with Crippen molar-refractivity contribution in [1.29, 1.82) is 5.26 Å². The van der Waals surface area contributed by atoms with Crippen molar-refractivity contribution in [2.75, 3.05) is 17.7 Å². The van der Waals surface area contributed by atoms with Gasteiger partial charge in [-0.1, -0.05) is 60.7 Å². The van der Waals surface area contributed by atoms with Gasteiger partial charge in [-0.2, -0.15) is 5.26 Å². The summed E-state index contributed by atoms with van der Waals surface area (Å²) in [5, 5.41) is 27.7. The van der Waals surface area contributed by atoms with Crippen LogP contribution in [0.5, 0.6) is 11.5 Å². The lowest BCUT2D eigenvalue weighted by atomic mass is 10.00. The van der Waals surface area contributed by atoms with Gasteiger partial charge in [-0.3, -0.25) is 9.59 Å². The van der Waals surface area contributed by atoms with Crippen LogP contribution in [-0.4, -0.2) is 30.0 Å². The molecule has 0 fully saturated rings. The number of nitriles is 1. The molecule has 0 aliphatic heterocycles. The van der Waals surface area contributed by atoms with E-state index in [4.69, 9.17) is 9.47 Å². The number of anilines is 2. The molecule has 2 amide bonds. The Morgan fingerprint density at radius 3 is 2.12 bits per heavy atom. The van der Waals surface area contributed by atoms with Gasteiger partial charge in [0, 0.05) is 24.2 Å². The average molecular weight is 579 g/mol. The highest BCUT2D eigenvalue weighted by atomic mass is 16.5. The zero-order valence-electron chi connectivity index (χ0n) is 23.5. The van der Waals surface area contributed by atoms with Crippen molar-refractivity contribution in [1.82, 2.24) is 5.32 Å². The summed E-state index contributed by atoms with van der Waals surface area (Å²) in [7, 11) is 1.45. The molecule has 0 spiro atoms. The van der Waals surface area contributed by atoms with Crippen molar-refractivity contribution < 1.29 is 29.0 Å². The van der Waals surface area contributed by atoms with E-state index in [-0.39, 0.29) is 23.6 Å². The molecule has 4 aromatic rings. The molecule has 0 aliphatic rings. The van der Waals surface area contributed by atoms with Gasteiger partial charge in [-0.15, -0.1) is 0 Å². The predicted molar refractivity (Wildman–Crippen MR) is 161 cm³/mol. The molecule has 218 valence electrons. The molecule has 0 aliphatic carbocycles. The number of carboxylic acids is 1. The van der Waals surface area contributed by atoms with E-state index in [0.29, 0.717) is 22.6 Å². The second-order valence-electron chi connectivity index (χ2n) is 9.50. The highest BCUT2D eigenvalue weighted by Crippen LogP contribution is 2.38. The molecule has 4 rings (SSSR count). The molecule has 0 saturated carbocycles. The molecule has 2 atom stereocenters. The van der Waals surface area contributed by atoms with E-state index >= 15 is 0 Å². The topological polar surface area (TPSA) is 150 Å². The van der Waals surface area contributed by atoms with E-state index in [1.54, 1.807) is 66.7 Å². The van der Waals surface area contributed by atoms with E-state index < -0.39 is 29.9 Å². The number of nitrogens with zero attached hydrogens (tertiary/aromatic N) is 1. The molecular formula is C33H30N4O6. The standard InChI is InChI=1S/C33H30N4O6/c1-21(38)35-27-18-29(43-20-23-9-5-3-6-10-23)28(42-2)17-26(27)31(36-25-15-13-22(19-34)14-16-25)32(39)37-30(33(40)41)24-11-7-4-8-12-24/h3-18,30-31,36H,20H2,1-2H3,(H,35,38)(H,37,39)(H,40,41)/t30?,31-/m1/s1. The van der Waals surface area contributed by atoms with Crippen LogP contribution in [0.2, 0.25) is 0 Å². The molecule has 4 N–H and O–H groups in total. The molecule has 0 bridgehead atoms. The van der Waals surface area contributed by atoms with Crippen LogP contribution in [0.3, 0.4) is 0 Å². The second kappa shape index (κ2) is 14.2. The Bertz CT molecular complexity index is 1620. The first-order valence-corrected chi connectivity index (χ1v) is 13.3. The van der Waals surface area contributed by atoms with Gasteiger partial charge in [0.25, 0.3) is 0 Å². The number of carbonyl (C=O) groups excluding carboxylic acids is 2. The largest absolute Gasteiger partial charge is 0.493 e. The number of nitrogens with one attached hydrogen (secondary N) is 3. The summed E-state index contributed by atoms with van der Waals surface area (Å²) in [6.07, 6.45) is 0. The molecule has 0 aromatic heterocycles. The summed E-state index contributed by atoms with van der Waals surface area (Å²) in [4.78, 5) is 38.4. The SMILES string of the molecule is COc1cc([C@@H](Nc2ccc(C#N)cc2)C(=O)NC(C(=O)O)c2ccccc2)c(NC(C)=O)cc1OCc1ccccc1. The van der Waals surface area contributed by atoms with Crippen molar-refractivity contribution in [2.45, 2.75) is 25.6 Å². The summed E-state index contributed by atoms with van der Waals surface area (Å²) in [5.41, 5.74) is 2.73.